The second-order valence-electron chi connectivity index (χ2n) is 4.75. The summed E-state index contributed by atoms with van der Waals surface area (Å²) in [6.45, 7) is 8.77. The van der Waals surface area contributed by atoms with E-state index >= 15 is 0 Å². The van der Waals surface area contributed by atoms with E-state index in [1.54, 1.807) is 0 Å². The van der Waals surface area contributed by atoms with Crippen molar-refractivity contribution >= 4 is 0 Å². The lowest BCUT2D eigenvalue weighted by Crippen LogP contribution is -1.92. The topological polar surface area (TPSA) is 0 Å². The molecule has 0 atom stereocenters. The summed E-state index contributed by atoms with van der Waals surface area (Å²) in [6.07, 6.45) is 1.09. The lowest BCUT2D eigenvalue weighted by atomic mass is 9.93. The van der Waals surface area contributed by atoms with Crippen molar-refractivity contribution in [2.75, 3.05) is 0 Å². The van der Waals surface area contributed by atoms with E-state index < -0.39 is 0 Å². The fourth-order valence-corrected chi connectivity index (χ4v) is 2.35. The minimum absolute atomic E-state index is 1.09. The average molecular weight is 224 g/mol. The third-order valence-electron chi connectivity index (χ3n) is 3.58. The van der Waals surface area contributed by atoms with E-state index in [1.807, 2.05) is 0 Å². The van der Waals surface area contributed by atoms with Crippen molar-refractivity contribution in [2.24, 2.45) is 0 Å². The van der Waals surface area contributed by atoms with Crippen LogP contribution in [0.3, 0.4) is 0 Å². The van der Waals surface area contributed by atoms with Gasteiger partial charge in [0.2, 0.25) is 0 Å². The van der Waals surface area contributed by atoms with Crippen LogP contribution in [0.15, 0.2) is 36.4 Å². The van der Waals surface area contributed by atoms with Crippen LogP contribution < -0.4 is 0 Å². The van der Waals surface area contributed by atoms with E-state index in [0.717, 1.165) is 6.42 Å². The standard InChI is InChI=1S/C17H20/c1-5-16-13(3)7-6-8-17(16)15-10-9-12(2)14(4)11-15/h6-11H,5H2,1-4H3. The second kappa shape index (κ2) is 4.75. The number of rotatable bonds is 2. The maximum absolute atomic E-state index is 2.29. The Morgan fingerprint density at radius 1 is 0.824 bits per heavy atom. The Kier molecular flexibility index (Phi) is 3.33. The Bertz CT molecular complexity index is 536. The Balaban J connectivity index is 2.60. The van der Waals surface area contributed by atoms with E-state index in [-0.39, 0.29) is 0 Å². The van der Waals surface area contributed by atoms with E-state index in [0.29, 0.717) is 0 Å². The highest BCUT2D eigenvalue weighted by Crippen LogP contribution is 2.28. The van der Waals surface area contributed by atoms with Crippen LogP contribution in [0.4, 0.5) is 0 Å². The number of aryl methyl sites for hydroxylation is 3. The quantitative estimate of drug-likeness (QED) is 0.684. The predicted octanol–water partition coefficient (Wildman–Crippen LogP) is 4.84. The predicted molar refractivity (Wildman–Crippen MR) is 75.5 cm³/mol. The van der Waals surface area contributed by atoms with Crippen LogP contribution in [0.2, 0.25) is 0 Å². The first-order valence-corrected chi connectivity index (χ1v) is 6.29. The first-order chi connectivity index (χ1) is 8.13. The zero-order valence-electron chi connectivity index (χ0n) is 11.2. The SMILES string of the molecule is CCc1c(C)cccc1-c1ccc(C)c(C)c1. The molecule has 0 unspecified atom stereocenters. The first kappa shape index (κ1) is 11.9. The molecule has 0 aromatic heterocycles. The molecule has 0 aliphatic heterocycles. The molecule has 0 radical (unpaired) electrons. The van der Waals surface area contributed by atoms with Crippen LogP contribution in [0.1, 0.15) is 29.2 Å². The Morgan fingerprint density at radius 3 is 2.24 bits per heavy atom. The number of hydrogen-bond acceptors (Lipinski definition) is 0. The largest absolute Gasteiger partial charge is 0.0614 e. The zero-order valence-corrected chi connectivity index (χ0v) is 11.2. The van der Waals surface area contributed by atoms with Crippen molar-refractivity contribution in [3.63, 3.8) is 0 Å². The van der Waals surface area contributed by atoms with Gasteiger partial charge in [0.1, 0.15) is 0 Å². The molecule has 0 heteroatoms. The van der Waals surface area contributed by atoms with Gasteiger partial charge >= 0.3 is 0 Å². The summed E-state index contributed by atoms with van der Waals surface area (Å²) in [4.78, 5) is 0. The minimum atomic E-state index is 1.09. The summed E-state index contributed by atoms with van der Waals surface area (Å²) < 4.78 is 0. The monoisotopic (exact) mass is 224 g/mol. The molecule has 88 valence electrons. The van der Waals surface area contributed by atoms with Gasteiger partial charge in [-0.2, -0.15) is 0 Å². The van der Waals surface area contributed by atoms with Gasteiger partial charge in [0, 0.05) is 0 Å². The van der Waals surface area contributed by atoms with Gasteiger partial charge in [-0.05, 0) is 60.6 Å². The summed E-state index contributed by atoms with van der Waals surface area (Å²) in [5.74, 6) is 0. The van der Waals surface area contributed by atoms with Crippen LogP contribution in [0, 0.1) is 20.8 Å². The highest BCUT2D eigenvalue weighted by molar-refractivity contribution is 5.69. The fraction of sp³-hybridized carbons (Fsp3) is 0.294. The molecule has 17 heavy (non-hydrogen) atoms. The molecule has 0 fully saturated rings. The average Bonchev–Trinajstić information content (AvgIpc) is 2.32. The summed E-state index contributed by atoms with van der Waals surface area (Å²) >= 11 is 0. The van der Waals surface area contributed by atoms with Crippen molar-refractivity contribution in [1.29, 1.82) is 0 Å². The Labute approximate surface area is 104 Å². The van der Waals surface area contributed by atoms with Gasteiger partial charge in [0.25, 0.3) is 0 Å². The van der Waals surface area contributed by atoms with Gasteiger partial charge in [-0.15, -0.1) is 0 Å². The lowest BCUT2D eigenvalue weighted by Gasteiger charge is -2.12. The van der Waals surface area contributed by atoms with Gasteiger partial charge in [-0.25, -0.2) is 0 Å². The summed E-state index contributed by atoms with van der Waals surface area (Å²) in [5, 5.41) is 0. The fourth-order valence-electron chi connectivity index (χ4n) is 2.35. The molecular formula is C17H20. The van der Waals surface area contributed by atoms with Gasteiger partial charge < -0.3 is 0 Å². The normalized spacial score (nSPS) is 10.6. The number of benzene rings is 2. The van der Waals surface area contributed by atoms with Crippen molar-refractivity contribution in [2.45, 2.75) is 34.1 Å². The molecule has 0 saturated heterocycles. The third-order valence-corrected chi connectivity index (χ3v) is 3.58. The van der Waals surface area contributed by atoms with Crippen LogP contribution in [-0.4, -0.2) is 0 Å². The lowest BCUT2D eigenvalue weighted by molar-refractivity contribution is 1.11. The molecule has 0 saturated carbocycles. The molecule has 0 amide bonds. The molecule has 0 aliphatic carbocycles. The molecule has 0 bridgehead atoms. The van der Waals surface area contributed by atoms with Crippen molar-refractivity contribution in [3.05, 3.63) is 58.7 Å². The molecule has 0 heterocycles. The van der Waals surface area contributed by atoms with E-state index in [4.69, 9.17) is 0 Å². The van der Waals surface area contributed by atoms with Gasteiger partial charge in [0.05, 0.1) is 0 Å². The molecule has 0 N–H and O–H groups in total. The second-order valence-corrected chi connectivity index (χ2v) is 4.75. The highest BCUT2D eigenvalue weighted by Gasteiger charge is 2.06. The van der Waals surface area contributed by atoms with E-state index in [2.05, 4.69) is 64.1 Å². The summed E-state index contributed by atoms with van der Waals surface area (Å²) in [6, 6.07) is 13.3. The van der Waals surface area contributed by atoms with Crippen LogP contribution in [-0.2, 0) is 6.42 Å². The van der Waals surface area contributed by atoms with E-state index in [9.17, 15) is 0 Å². The minimum Gasteiger partial charge on any atom is -0.0614 e. The third kappa shape index (κ3) is 2.26. The van der Waals surface area contributed by atoms with Crippen molar-refractivity contribution in [1.82, 2.24) is 0 Å². The molecule has 2 aromatic rings. The van der Waals surface area contributed by atoms with Gasteiger partial charge in [-0.1, -0.05) is 43.3 Å². The molecule has 0 spiro atoms. The molecule has 2 rings (SSSR count). The maximum atomic E-state index is 2.29. The van der Waals surface area contributed by atoms with E-state index in [1.165, 1.54) is 33.4 Å². The van der Waals surface area contributed by atoms with Crippen LogP contribution >= 0.6 is 0 Å². The number of hydrogen-bond donors (Lipinski definition) is 0. The molecular weight excluding hydrogens is 204 g/mol. The first-order valence-electron chi connectivity index (χ1n) is 6.29. The van der Waals surface area contributed by atoms with Crippen molar-refractivity contribution < 1.29 is 0 Å². The van der Waals surface area contributed by atoms with Gasteiger partial charge in [-0.3, -0.25) is 0 Å². The summed E-state index contributed by atoms with van der Waals surface area (Å²) in [5.41, 5.74) is 8.31. The van der Waals surface area contributed by atoms with Crippen LogP contribution in [0.25, 0.3) is 11.1 Å². The van der Waals surface area contributed by atoms with Crippen molar-refractivity contribution in [3.8, 4) is 11.1 Å². The summed E-state index contributed by atoms with van der Waals surface area (Å²) in [7, 11) is 0. The maximum Gasteiger partial charge on any atom is -0.0149 e. The highest BCUT2D eigenvalue weighted by atomic mass is 14.1. The molecule has 2 aromatic carbocycles. The zero-order chi connectivity index (χ0) is 12.4. The Hall–Kier alpha value is -1.56. The Morgan fingerprint density at radius 2 is 1.59 bits per heavy atom. The van der Waals surface area contributed by atoms with Crippen LogP contribution in [0.5, 0.6) is 0 Å². The molecule has 0 nitrogen and oxygen atoms in total. The molecule has 0 aliphatic rings. The van der Waals surface area contributed by atoms with Gasteiger partial charge in [0.15, 0.2) is 0 Å². The smallest absolute Gasteiger partial charge is 0.0149 e.